The van der Waals surface area contributed by atoms with Crippen LogP contribution in [-0.2, 0) is 17.8 Å². The molecule has 0 saturated heterocycles. The summed E-state index contributed by atoms with van der Waals surface area (Å²) in [6.45, 7) is 0.343. The molecule has 0 aromatic carbocycles. The maximum atomic E-state index is 12.1. The van der Waals surface area contributed by atoms with Gasteiger partial charge in [0.2, 0.25) is 5.91 Å². The Morgan fingerprint density at radius 2 is 2.15 bits per heavy atom. The maximum Gasteiger partial charge on any atom is 0.263 e. The van der Waals surface area contributed by atoms with Crippen LogP contribution in [0.3, 0.4) is 0 Å². The minimum absolute atomic E-state index is 0.0153. The predicted molar refractivity (Wildman–Crippen MR) is 96.0 cm³/mol. The second-order valence-electron chi connectivity index (χ2n) is 5.37. The SMILES string of the molecule is O=C(CCc1csc(NC(=O)c2ccc[nH]c2=O)n1)NCc1ccco1. The molecule has 0 atom stereocenters. The summed E-state index contributed by atoms with van der Waals surface area (Å²) < 4.78 is 5.14. The van der Waals surface area contributed by atoms with Crippen LogP contribution in [0.1, 0.15) is 28.2 Å². The number of carbonyl (C=O) groups excluding carboxylic acids is 2. The fraction of sp³-hybridized carbons (Fsp3) is 0.176. The normalized spacial score (nSPS) is 10.5. The Kier molecular flexibility index (Phi) is 5.59. The molecule has 3 heterocycles. The van der Waals surface area contributed by atoms with E-state index in [9.17, 15) is 14.4 Å². The van der Waals surface area contributed by atoms with Crippen molar-refractivity contribution in [1.29, 1.82) is 0 Å². The lowest BCUT2D eigenvalue weighted by molar-refractivity contribution is -0.121. The number of aromatic amines is 1. The fourth-order valence-corrected chi connectivity index (χ4v) is 2.91. The Morgan fingerprint density at radius 1 is 1.27 bits per heavy atom. The molecule has 8 nitrogen and oxygen atoms in total. The first kappa shape index (κ1) is 17.6. The molecule has 2 amide bonds. The number of aryl methyl sites for hydroxylation is 1. The number of nitrogens with zero attached hydrogens (tertiary/aromatic N) is 1. The van der Waals surface area contributed by atoms with Crippen molar-refractivity contribution in [3.8, 4) is 0 Å². The molecule has 26 heavy (non-hydrogen) atoms. The molecule has 3 aromatic heterocycles. The van der Waals surface area contributed by atoms with E-state index in [-0.39, 0.29) is 17.9 Å². The quantitative estimate of drug-likeness (QED) is 0.586. The maximum absolute atomic E-state index is 12.1. The van der Waals surface area contributed by atoms with Gasteiger partial charge in [-0.15, -0.1) is 11.3 Å². The van der Waals surface area contributed by atoms with Crippen LogP contribution >= 0.6 is 11.3 Å². The molecule has 3 rings (SSSR count). The zero-order valence-electron chi connectivity index (χ0n) is 13.7. The van der Waals surface area contributed by atoms with Gasteiger partial charge in [0.25, 0.3) is 11.5 Å². The summed E-state index contributed by atoms with van der Waals surface area (Å²) >= 11 is 1.24. The van der Waals surface area contributed by atoms with Crippen LogP contribution in [-0.4, -0.2) is 21.8 Å². The first-order valence-electron chi connectivity index (χ1n) is 7.84. The summed E-state index contributed by atoms with van der Waals surface area (Å²) in [6, 6.07) is 6.56. The zero-order valence-corrected chi connectivity index (χ0v) is 14.5. The number of furan rings is 1. The molecule has 0 saturated carbocycles. The van der Waals surface area contributed by atoms with Gasteiger partial charge in [0.1, 0.15) is 11.3 Å². The van der Waals surface area contributed by atoms with Crippen molar-refractivity contribution in [1.82, 2.24) is 15.3 Å². The van der Waals surface area contributed by atoms with Gasteiger partial charge in [0, 0.05) is 18.0 Å². The van der Waals surface area contributed by atoms with Crippen molar-refractivity contribution < 1.29 is 14.0 Å². The smallest absolute Gasteiger partial charge is 0.263 e. The molecule has 3 aromatic rings. The van der Waals surface area contributed by atoms with Gasteiger partial charge >= 0.3 is 0 Å². The van der Waals surface area contributed by atoms with E-state index in [1.807, 2.05) is 0 Å². The second-order valence-corrected chi connectivity index (χ2v) is 6.23. The molecule has 0 spiro atoms. The summed E-state index contributed by atoms with van der Waals surface area (Å²) in [4.78, 5) is 42.2. The number of hydrogen-bond acceptors (Lipinski definition) is 6. The minimum Gasteiger partial charge on any atom is -0.467 e. The molecule has 0 aliphatic rings. The van der Waals surface area contributed by atoms with E-state index in [1.165, 1.54) is 23.6 Å². The average molecular weight is 372 g/mol. The molecule has 134 valence electrons. The Morgan fingerprint density at radius 3 is 2.92 bits per heavy atom. The Hall–Kier alpha value is -3.20. The van der Waals surface area contributed by atoms with E-state index >= 15 is 0 Å². The van der Waals surface area contributed by atoms with E-state index in [1.54, 1.807) is 29.8 Å². The van der Waals surface area contributed by atoms with Crippen LogP contribution in [0.4, 0.5) is 5.13 Å². The van der Waals surface area contributed by atoms with E-state index < -0.39 is 11.5 Å². The first-order chi connectivity index (χ1) is 12.6. The lowest BCUT2D eigenvalue weighted by Gasteiger charge is -2.02. The molecular formula is C17H16N4O4S. The number of rotatable bonds is 7. The van der Waals surface area contributed by atoms with E-state index in [2.05, 4.69) is 20.6 Å². The number of amides is 2. The topological polar surface area (TPSA) is 117 Å². The number of H-pyrrole nitrogens is 1. The van der Waals surface area contributed by atoms with Gasteiger partial charge < -0.3 is 14.7 Å². The lowest BCUT2D eigenvalue weighted by atomic mass is 10.2. The average Bonchev–Trinajstić information content (AvgIpc) is 3.30. The number of nitrogens with one attached hydrogen (secondary N) is 3. The standard InChI is InChI=1S/C17H16N4O4S/c22-14(19-9-12-3-2-8-25-12)6-5-11-10-26-17(20-11)21-16(24)13-4-1-7-18-15(13)23/h1-4,7-8,10H,5-6,9H2,(H,18,23)(H,19,22)(H,20,21,24). The number of hydrogen-bond donors (Lipinski definition) is 3. The van der Waals surface area contributed by atoms with Crippen molar-refractivity contribution in [3.63, 3.8) is 0 Å². The highest BCUT2D eigenvalue weighted by molar-refractivity contribution is 7.14. The highest BCUT2D eigenvalue weighted by Gasteiger charge is 2.12. The number of pyridine rings is 1. The van der Waals surface area contributed by atoms with E-state index in [0.717, 1.165) is 0 Å². The summed E-state index contributed by atoms with van der Waals surface area (Å²) in [5.74, 6) is 0.0488. The molecule has 3 N–H and O–H groups in total. The Bertz CT molecular complexity index is 946. The summed E-state index contributed by atoms with van der Waals surface area (Å²) in [5, 5.41) is 7.49. The minimum atomic E-state index is -0.524. The molecule has 9 heteroatoms. The van der Waals surface area contributed by atoms with Gasteiger partial charge in [-0.05, 0) is 30.7 Å². The lowest BCUT2D eigenvalue weighted by Crippen LogP contribution is -2.23. The number of anilines is 1. The molecule has 0 radical (unpaired) electrons. The summed E-state index contributed by atoms with van der Waals surface area (Å²) in [5.41, 5.74) is 0.247. The highest BCUT2D eigenvalue weighted by Crippen LogP contribution is 2.17. The van der Waals surface area contributed by atoms with Crippen LogP contribution in [0.15, 0.2) is 51.3 Å². The van der Waals surface area contributed by atoms with E-state index in [4.69, 9.17) is 4.42 Å². The fourth-order valence-electron chi connectivity index (χ4n) is 2.17. The number of thiazole rings is 1. The summed E-state index contributed by atoms with van der Waals surface area (Å²) in [6.07, 6.45) is 3.73. The van der Waals surface area contributed by atoms with Crippen molar-refractivity contribution >= 4 is 28.3 Å². The van der Waals surface area contributed by atoms with Crippen LogP contribution < -0.4 is 16.2 Å². The molecule has 0 fully saturated rings. The van der Waals surface area contributed by atoms with Crippen molar-refractivity contribution in [2.45, 2.75) is 19.4 Å². The third-order valence-electron chi connectivity index (χ3n) is 3.48. The number of aromatic nitrogens is 2. The van der Waals surface area contributed by atoms with Gasteiger partial charge in [-0.1, -0.05) is 0 Å². The predicted octanol–water partition coefficient (Wildman–Crippen LogP) is 1.93. The van der Waals surface area contributed by atoms with Crippen LogP contribution in [0.25, 0.3) is 0 Å². The zero-order chi connectivity index (χ0) is 18.4. The van der Waals surface area contributed by atoms with Crippen LogP contribution in [0.2, 0.25) is 0 Å². The Balaban J connectivity index is 1.48. The van der Waals surface area contributed by atoms with Gasteiger partial charge in [0.15, 0.2) is 5.13 Å². The number of carbonyl (C=O) groups is 2. The van der Waals surface area contributed by atoms with Gasteiger partial charge in [0.05, 0.1) is 18.5 Å². The van der Waals surface area contributed by atoms with Gasteiger partial charge in [-0.3, -0.25) is 19.7 Å². The van der Waals surface area contributed by atoms with Crippen molar-refractivity contribution in [3.05, 3.63) is 69.5 Å². The molecule has 0 aliphatic carbocycles. The highest BCUT2D eigenvalue weighted by atomic mass is 32.1. The van der Waals surface area contributed by atoms with Gasteiger partial charge in [-0.25, -0.2) is 4.98 Å². The van der Waals surface area contributed by atoms with Crippen LogP contribution in [0.5, 0.6) is 0 Å². The monoisotopic (exact) mass is 372 g/mol. The molecule has 0 bridgehead atoms. The molecular weight excluding hydrogens is 356 g/mol. The van der Waals surface area contributed by atoms with Crippen LogP contribution in [0, 0.1) is 0 Å². The van der Waals surface area contributed by atoms with Crippen molar-refractivity contribution in [2.24, 2.45) is 0 Å². The third kappa shape index (κ3) is 4.67. The van der Waals surface area contributed by atoms with E-state index in [0.29, 0.717) is 29.6 Å². The van der Waals surface area contributed by atoms with Crippen molar-refractivity contribution in [2.75, 3.05) is 5.32 Å². The Labute approximate surface area is 152 Å². The molecule has 0 aliphatic heterocycles. The third-order valence-corrected chi connectivity index (χ3v) is 4.29. The second kappa shape index (κ2) is 8.26. The largest absolute Gasteiger partial charge is 0.467 e. The first-order valence-corrected chi connectivity index (χ1v) is 8.72. The summed E-state index contributed by atoms with van der Waals surface area (Å²) in [7, 11) is 0. The van der Waals surface area contributed by atoms with Gasteiger partial charge in [-0.2, -0.15) is 0 Å². The molecule has 0 unspecified atom stereocenters.